The van der Waals surface area contributed by atoms with Crippen LogP contribution in [0.3, 0.4) is 0 Å². The van der Waals surface area contributed by atoms with Crippen molar-refractivity contribution < 1.29 is 24.2 Å². The second kappa shape index (κ2) is 7.26. The van der Waals surface area contributed by atoms with Crippen LogP contribution in [0.15, 0.2) is 18.2 Å². The first kappa shape index (κ1) is 17.0. The fourth-order valence-electron chi connectivity index (χ4n) is 2.37. The van der Waals surface area contributed by atoms with Gasteiger partial charge in [-0.25, -0.2) is 0 Å². The van der Waals surface area contributed by atoms with Crippen LogP contribution in [0, 0.1) is 5.92 Å². The molecule has 0 aliphatic carbocycles. The predicted molar refractivity (Wildman–Crippen MR) is 84.9 cm³/mol. The quantitative estimate of drug-likeness (QED) is 0.781. The van der Waals surface area contributed by atoms with Crippen molar-refractivity contribution in [2.24, 2.45) is 5.92 Å². The molecule has 6 nitrogen and oxygen atoms in total. The molecule has 1 aromatic carbocycles. The van der Waals surface area contributed by atoms with Gasteiger partial charge >= 0.3 is 5.97 Å². The number of carboxylic acids is 1. The monoisotopic (exact) mass is 319 g/mol. The van der Waals surface area contributed by atoms with Crippen LogP contribution in [0.5, 0.6) is 5.75 Å². The van der Waals surface area contributed by atoms with E-state index in [4.69, 9.17) is 9.84 Å². The number of hydrogen-bond donors (Lipinski definition) is 1. The summed E-state index contributed by atoms with van der Waals surface area (Å²) in [5.41, 5.74) is 0.987. The highest BCUT2D eigenvalue weighted by molar-refractivity contribution is 6.02. The number of hydrogen-bond acceptors (Lipinski definition) is 4. The van der Waals surface area contributed by atoms with Gasteiger partial charge in [0.05, 0.1) is 12.1 Å². The van der Waals surface area contributed by atoms with Crippen molar-refractivity contribution in [2.45, 2.75) is 33.1 Å². The van der Waals surface area contributed by atoms with Gasteiger partial charge in [-0.2, -0.15) is 0 Å². The Kier molecular flexibility index (Phi) is 5.36. The third-order valence-corrected chi connectivity index (χ3v) is 3.72. The lowest BCUT2D eigenvalue weighted by Gasteiger charge is -2.30. The number of nitrogens with zero attached hydrogens (tertiary/aromatic N) is 1. The van der Waals surface area contributed by atoms with Gasteiger partial charge < -0.3 is 14.7 Å². The van der Waals surface area contributed by atoms with E-state index in [1.807, 2.05) is 0 Å². The van der Waals surface area contributed by atoms with E-state index in [1.54, 1.807) is 23.1 Å². The summed E-state index contributed by atoms with van der Waals surface area (Å²) < 4.78 is 5.41. The Labute approximate surface area is 135 Å². The molecule has 0 saturated heterocycles. The van der Waals surface area contributed by atoms with E-state index in [0.717, 1.165) is 6.42 Å². The zero-order valence-electron chi connectivity index (χ0n) is 13.4. The molecule has 0 saturated carbocycles. The van der Waals surface area contributed by atoms with Gasteiger partial charge in [-0.1, -0.05) is 13.8 Å². The summed E-state index contributed by atoms with van der Waals surface area (Å²) in [5.74, 6) is -0.365. The number of aliphatic carboxylic acids is 1. The highest BCUT2D eigenvalue weighted by Crippen LogP contribution is 2.33. The first-order valence-electron chi connectivity index (χ1n) is 7.70. The topological polar surface area (TPSA) is 83.9 Å². The van der Waals surface area contributed by atoms with Gasteiger partial charge in [0, 0.05) is 18.5 Å². The maximum atomic E-state index is 12.1. The van der Waals surface area contributed by atoms with Crippen LogP contribution in [-0.2, 0) is 9.59 Å². The van der Waals surface area contributed by atoms with E-state index < -0.39 is 5.97 Å². The Hall–Kier alpha value is -2.37. The number of ether oxygens (including phenoxy) is 1. The minimum absolute atomic E-state index is 0.00258. The summed E-state index contributed by atoms with van der Waals surface area (Å²) >= 11 is 0. The lowest BCUT2D eigenvalue weighted by atomic mass is 10.0. The van der Waals surface area contributed by atoms with E-state index in [0.29, 0.717) is 29.5 Å². The molecule has 2 rings (SSSR count). The number of amides is 1. The average Bonchev–Trinajstić information content (AvgIpc) is 2.50. The fraction of sp³-hybridized carbons (Fsp3) is 0.471. The number of ketones is 1. The largest absolute Gasteiger partial charge is 0.482 e. The summed E-state index contributed by atoms with van der Waals surface area (Å²) in [5, 5.41) is 8.67. The molecule has 1 amide bonds. The molecular formula is C17H21NO5. The Morgan fingerprint density at radius 1 is 1.30 bits per heavy atom. The molecule has 0 aromatic heterocycles. The van der Waals surface area contributed by atoms with E-state index in [-0.39, 0.29) is 31.1 Å². The standard InChI is InChI=1S/C17H21NO5/c1-11(2)7-8-18-13-9-12(14(19)4-6-17(21)22)3-5-15(13)23-10-16(18)20/h3,5,9,11H,4,6-8,10H2,1-2H3,(H,21,22). The molecule has 0 bridgehead atoms. The number of anilines is 1. The summed E-state index contributed by atoms with van der Waals surface area (Å²) in [6.45, 7) is 4.73. The minimum Gasteiger partial charge on any atom is -0.482 e. The van der Waals surface area contributed by atoms with Crippen molar-refractivity contribution in [2.75, 3.05) is 18.1 Å². The van der Waals surface area contributed by atoms with Crippen LogP contribution in [0.25, 0.3) is 0 Å². The average molecular weight is 319 g/mol. The van der Waals surface area contributed by atoms with E-state index >= 15 is 0 Å². The van der Waals surface area contributed by atoms with Gasteiger partial charge in [0.2, 0.25) is 0 Å². The zero-order chi connectivity index (χ0) is 17.0. The number of benzene rings is 1. The van der Waals surface area contributed by atoms with Gasteiger partial charge in [-0.15, -0.1) is 0 Å². The van der Waals surface area contributed by atoms with Gasteiger partial charge in [0.25, 0.3) is 5.91 Å². The first-order chi connectivity index (χ1) is 10.9. The summed E-state index contributed by atoms with van der Waals surface area (Å²) in [4.78, 5) is 36.4. The van der Waals surface area contributed by atoms with Crippen LogP contribution in [0.1, 0.15) is 43.5 Å². The van der Waals surface area contributed by atoms with E-state index in [1.165, 1.54) is 0 Å². The highest BCUT2D eigenvalue weighted by Gasteiger charge is 2.26. The molecule has 124 valence electrons. The molecule has 0 unspecified atom stereocenters. The highest BCUT2D eigenvalue weighted by atomic mass is 16.5. The Morgan fingerprint density at radius 2 is 2.04 bits per heavy atom. The number of rotatable bonds is 7. The van der Waals surface area contributed by atoms with Crippen LogP contribution in [0.2, 0.25) is 0 Å². The fourth-order valence-corrected chi connectivity index (χ4v) is 2.37. The van der Waals surface area contributed by atoms with Gasteiger partial charge in [-0.05, 0) is 30.5 Å². The minimum atomic E-state index is -1.01. The van der Waals surface area contributed by atoms with Crippen molar-refractivity contribution in [1.82, 2.24) is 0 Å². The van der Waals surface area contributed by atoms with Gasteiger partial charge in [0.15, 0.2) is 12.4 Å². The molecular weight excluding hydrogens is 298 g/mol. The molecule has 1 N–H and O–H groups in total. The maximum Gasteiger partial charge on any atom is 0.303 e. The van der Waals surface area contributed by atoms with Crippen molar-refractivity contribution in [3.8, 4) is 5.75 Å². The first-order valence-corrected chi connectivity index (χ1v) is 7.70. The van der Waals surface area contributed by atoms with Crippen LogP contribution in [-0.4, -0.2) is 35.9 Å². The molecule has 23 heavy (non-hydrogen) atoms. The van der Waals surface area contributed by atoms with Crippen molar-refractivity contribution >= 4 is 23.3 Å². The molecule has 1 aliphatic rings. The summed E-state index contributed by atoms with van der Waals surface area (Å²) in [6.07, 6.45) is 0.583. The summed E-state index contributed by atoms with van der Waals surface area (Å²) in [6, 6.07) is 4.90. The smallest absolute Gasteiger partial charge is 0.303 e. The van der Waals surface area contributed by atoms with Crippen molar-refractivity contribution in [3.63, 3.8) is 0 Å². The molecule has 0 radical (unpaired) electrons. The molecule has 1 heterocycles. The van der Waals surface area contributed by atoms with Gasteiger partial charge in [0.1, 0.15) is 5.75 Å². The van der Waals surface area contributed by atoms with Crippen LogP contribution < -0.4 is 9.64 Å². The Balaban J connectivity index is 2.22. The van der Waals surface area contributed by atoms with E-state index in [9.17, 15) is 14.4 Å². The SMILES string of the molecule is CC(C)CCN1C(=O)COc2ccc(C(=O)CCC(=O)O)cc21. The molecule has 1 aromatic rings. The second-order valence-corrected chi connectivity index (χ2v) is 6.02. The molecule has 0 atom stereocenters. The second-order valence-electron chi connectivity index (χ2n) is 6.02. The Bertz CT molecular complexity index is 623. The predicted octanol–water partition coefficient (Wildman–Crippen LogP) is 2.51. The number of carboxylic acid groups (broad SMARTS) is 1. The lowest BCUT2D eigenvalue weighted by Crippen LogP contribution is -2.39. The summed E-state index contributed by atoms with van der Waals surface area (Å²) in [7, 11) is 0. The molecule has 0 spiro atoms. The van der Waals surface area contributed by atoms with Crippen molar-refractivity contribution in [1.29, 1.82) is 0 Å². The molecule has 1 aliphatic heterocycles. The Morgan fingerprint density at radius 3 is 2.70 bits per heavy atom. The maximum absolute atomic E-state index is 12.1. The number of fused-ring (bicyclic) bond motifs is 1. The molecule has 0 fully saturated rings. The molecule has 6 heteroatoms. The van der Waals surface area contributed by atoms with E-state index in [2.05, 4.69) is 13.8 Å². The van der Waals surface area contributed by atoms with Gasteiger partial charge in [-0.3, -0.25) is 14.4 Å². The number of carbonyl (C=O) groups excluding carboxylic acids is 2. The third kappa shape index (κ3) is 4.31. The van der Waals surface area contributed by atoms with Crippen LogP contribution >= 0.6 is 0 Å². The zero-order valence-corrected chi connectivity index (χ0v) is 13.4. The third-order valence-electron chi connectivity index (χ3n) is 3.72. The number of carbonyl (C=O) groups is 3. The normalized spacial score (nSPS) is 13.7. The lowest BCUT2D eigenvalue weighted by molar-refractivity contribution is -0.137. The van der Waals surface area contributed by atoms with Crippen LogP contribution in [0.4, 0.5) is 5.69 Å². The van der Waals surface area contributed by atoms with Crippen molar-refractivity contribution in [3.05, 3.63) is 23.8 Å². The number of Topliss-reactive ketones (excluding diaryl/α,β-unsaturated/α-hetero) is 1.